The number of amides is 1. The van der Waals surface area contributed by atoms with Gasteiger partial charge < -0.3 is 10.1 Å². The van der Waals surface area contributed by atoms with E-state index in [1.807, 2.05) is 84.9 Å². The van der Waals surface area contributed by atoms with Crippen LogP contribution in [0.1, 0.15) is 26.7 Å². The molecule has 0 fully saturated rings. The van der Waals surface area contributed by atoms with Crippen LogP contribution in [-0.4, -0.2) is 19.0 Å². The van der Waals surface area contributed by atoms with E-state index >= 15 is 0 Å². The van der Waals surface area contributed by atoms with Gasteiger partial charge in [-0.3, -0.25) is 4.79 Å². The van der Waals surface area contributed by atoms with Gasteiger partial charge in [-0.15, -0.1) is 11.3 Å². The molecule has 0 aliphatic carbocycles. The van der Waals surface area contributed by atoms with Gasteiger partial charge >= 0.3 is 5.97 Å². The van der Waals surface area contributed by atoms with Crippen LogP contribution in [0.15, 0.2) is 84.9 Å². The number of esters is 1. The Labute approximate surface area is 172 Å². The van der Waals surface area contributed by atoms with Gasteiger partial charge in [0.1, 0.15) is 4.88 Å². The van der Waals surface area contributed by atoms with Gasteiger partial charge in [0.25, 0.3) is 0 Å². The number of nitrogens with one attached hydrogen (secondary N) is 1. The molecule has 0 bridgehead atoms. The average molecular weight is 401 g/mol. The molecule has 0 spiro atoms. The standard InChI is InChI=1S/C24H19NO3S/c1-28-24(27)22-21(18-14-8-9-15-19(18)29-22)25-23(26)20(16-10-4-2-5-11-16)17-12-6-3-7-13-17/h2-15,20H,1H3,(H,25,26). The number of carbonyl (C=O) groups is 2. The van der Waals surface area contributed by atoms with Crippen LogP contribution in [-0.2, 0) is 9.53 Å². The highest BCUT2D eigenvalue weighted by Gasteiger charge is 2.26. The Morgan fingerprint density at radius 1 is 0.828 bits per heavy atom. The molecule has 3 aromatic carbocycles. The molecule has 0 saturated heterocycles. The van der Waals surface area contributed by atoms with Crippen molar-refractivity contribution in [1.29, 1.82) is 0 Å². The molecule has 0 aliphatic rings. The Morgan fingerprint density at radius 2 is 1.38 bits per heavy atom. The van der Waals surface area contributed by atoms with Crippen LogP contribution >= 0.6 is 11.3 Å². The molecule has 5 heteroatoms. The first-order chi connectivity index (χ1) is 14.2. The van der Waals surface area contributed by atoms with Gasteiger partial charge in [0.2, 0.25) is 5.91 Å². The summed E-state index contributed by atoms with van der Waals surface area (Å²) >= 11 is 1.31. The van der Waals surface area contributed by atoms with E-state index in [-0.39, 0.29) is 5.91 Å². The first kappa shape index (κ1) is 18.9. The number of benzene rings is 3. The van der Waals surface area contributed by atoms with Gasteiger partial charge in [0.15, 0.2) is 0 Å². The Balaban J connectivity index is 1.78. The number of carbonyl (C=O) groups excluding carboxylic acids is 2. The SMILES string of the molecule is COC(=O)c1sc2ccccc2c1NC(=O)C(c1ccccc1)c1ccccc1. The molecule has 1 aromatic heterocycles. The van der Waals surface area contributed by atoms with Crippen LogP contribution in [0.2, 0.25) is 0 Å². The summed E-state index contributed by atoms with van der Waals surface area (Å²) in [5.41, 5.74) is 2.27. The van der Waals surface area contributed by atoms with Crippen LogP contribution in [0.5, 0.6) is 0 Å². The van der Waals surface area contributed by atoms with Crippen molar-refractivity contribution in [2.45, 2.75) is 5.92 Å². The van der Waals surface area contributed by atoms with Crippen molar-refractivity contribution in [3.05, 3.63) is 101 Å². The van der Waals surface area contributed by atoms with Gasteiger partial charge in [-0.2, -0.15) is 0 Å². The fourth-order valence-corrected chi connectivity index (χ4v) is 4.46. The quantitative estimate of drug-likeness (QED) is 0.452. The van der Waals surface area contributed by atoms with Crippen molar-refractivity contribution >= 4 is 39.0 Å². The normalized spacial score (nSPS) is 10.8. The summed E-state index contributed by atoms with van der Waals surface area (Å²) in [6, 6.07) is 26.9. The van der Waals surface area contributed by atoms with Gasteiger partial charge in [0, 0.05) is 10.1 Å². The van der Waals surface area contributed by atoms with Crippen molar-refractivity contribution in [3.8, 4) is 0 Å². The summed E-state index contributed by atoms with van der Waals surface area (Å²) in [5, 5.41) is 3.84. The van der Waals surface area contributed by atoms with Crippen molar-refractivity contribution < 1.29 is 14.3 Å². The van der Waals surface area contributed by atoms with Crippen LogP contribution < -0.4 is 5.32 Å². The Bertz CT molecular complexity index is 1110. The Morgan fingerprint density at radius 3 is 1.97 bits per heavy atom. The van der Waals surface area contributed by atoms with E-state index < -0.39 is 11.9 Å². The molecule has 4 nitrogen and oxygen atoms in total. The van der Waals surface area contributed by atoms with Gasteiger partial charge in [-0.1, -0.05) is 78.9 Å². The second-order valence-corrected chi connectivity index (χ2v) is 7.59. The first-order valence-electron chi connectivity index (χ1n) is 9.19. The van der Waals surface area contributed by atoms with Crippen molar-refractivity contribution in [1.82, 2.24) is 0 Å². The molecule has 1 amide bonds. The fraction of sp³-hybridized carbons (Fsp3) is 0.0833. The minimum Gasteiger partial charge on any atom is -0.465 e. The molecular weight excluding hydrogens is 382 g/mol. The molecule has 29 heavy (non-hydrogen) atoms. The van der Waals surface area contributed by atoms with Gasteiger partial charge in [0.05, 0.1) is 18.7 Å². The van der Waals surface area contributed by atoms with E-state index in [1.165, 1.54) is 18.4 Å². The number of anilines is 1. The van der Waals surface area contributed by atoms with Crippen molar-refractivity contribution in [3.63, 3.8) is 0 Å². The number of fused-ring (bicyclic) bond motifs is 1. The molecule has 4 aromatic rings. The van der Waals surface area contributed by atoms with Crippen LogP contribution in [0.4, 0.5) is 5.69 Å². The summed E-state index contributed by atoms with van der Waals surface area (Å²) in [6.45, 7) is 0. The Hall–Kier alpha value is -3.44. The minimum absolute atomic E-state index is 0.198. The topological polar surface area (TPSA) is 55.4 Å². The van der Waals surface area contributed by atoms with Crippen molar-refractivity contribution in [2.24, 2.45) is 0 Å². The molecule has 0 atom stereocenters. The summed E-state index contributed by atoms with van der Waals surface area (Å²) in [6.07, 6.45) is 0. The molecule has 144 valence electrons. The summed E-state index contributed by atoms with van der Waals surface area (Å²) in [4.78, 5) is 26.2. The van der Waals surface area contributed by atoms with E-state index in [4.69, 9.17) is 4.74 Å². The zero-order valence-corrected chi connectivity index (χ0v) is 16.6. The van der Waals surface area contributed by atoms with Crippen LogP contribution in [0.3, 0.4) is 0 Å². The maximum absolute atomic E-state index is 13.5. The first-order valence-corrected chi connectivity index (χ1v) is 10.0. The Kier molecular flexibility index (Phi) is 5.40. The average Bonchev–Trinajstić information content (AvgIpc) is 3.13. The predicted molar refractivity (Wildman–Crippen MR) is 117 cm³/mol. The molecule has 0 unspecified atom stereocenters. The highest BCUT2D eigenvalue weighted by atomic mass is 32.1. The lowest BCUT2D eigenvalue weighted by atomic mass is 9.90. The van der Waals surface area contributed by atoms with Crippen LogP contribution in [0.25, 0.3) is 10.1 Å². The number of thiophene rings is 1. The predicted octanol–water partition coefficient (Wildman–Crippen LogP) is 5.46. The maximum Gasteiger partial charge on any atom is 0.350 e. The molecule has 1 heterocycles. The molecule has 0 radical (unpaired) electrons. The molecule has 1 N–H and O–H groups in total. The van der Waals surface area contributed by atoms with Crippen molar-refractivity contribution in [2.75, 3.05) is 12.4 Å². The lowest BCUT2D eigenvalue weighted by molar-refractivity contribution is -0.116. The fourth-order valence-electron chi connectivity index (χ4n) is 3.39. The molecule has 0 aliphatic heterocycles. The summed E-state index contributed by atoms with van der Waals surface area (Å²) in [7, 11) is 1.34. The number of hydrogen-bond donors (Lipinski definition) is 1. The summed E-state index contributed by atoms with van der Waals surface area (Å²) < 4.78 is 5.85. The van der Waals surface area contributed by atoms with Crippen LogP contribution in [0, 0.1) is 0 Å². The zero-order valence-electron chi connectivity index (χ0n) is 15.8. The number of ether oxygens (including phenoxy) is 1. The highest BCUT2D eigenvalue weighted by Crippen LogP contribution is 2.37. The van der Waals surface area contributed by atoms with E-state index in [2.05, 4.69) is 5.32 Å². The molecular formula is C24H19NO3S. The number of rotatable bonds is 5. The lowest BCUT2D eigenvalue weighted by Crippen LogP contribution is -2.23. The smallest absolute Gasteiger partial charge is 0.350 e. The van der Waals surface area contributed by atoms with E-state index in [0.717, 1.165) is 21.2 Å². The van der Waals surface area contributed by atoms with E-state index in [9.17, 15) is 9.59 Å². The summed E-state index contributed by atoms with van der Waals surface area (Å²) in [5.74, 6) is -1.16. The van der Waals surface area contributed by atoms with E-state index in [1.54, 1.807) is 0 Å². The zero-order chi connectivity index (χ0) is 20.2. The molecule has 4 rings (SSSR count). The minimum atomic E-state index is -0.499. The largest absolute Gasteiger partial charge is 0.465 e. The lowest BCUT2D eigenvalue weighted by Gasteiger charge is -2.18. The van der Waals surface area contributed by atoms with Gasteiger partial charge in [-0.05, 0) is 17.2 Å². The van der Waals surface area contributed by atoms with E-state index in [0.29, 0.717) is 10.6 Å². The third kappa shape index (κ3) is 3.77. The third-order valence-electron chi connectivity index (χ3n) is 4.74. The third-order valence-corrected chi connectivity index (χ3v) is 5.89. The monoisotopic (exact) mass is 401 g/mol. The number of hydrogen-bond acceptors (Lipinski definition) is 4. The molecule has 0 saturated carbocycles. The second-order valence-electron chi connectivity index (χ2n) is 6.54. The number of methoxy groups -OCH3 is 1. The highest BCUT2D eigenvalue weighted by molar-refractivity contribution is 7.21. The van der Waals surface area contributed by atoms with Gasteiger partial charge in [-0.25, -0.2) is 4.79 Å². The maximum atomic E-state index is 13.5. The second kappa shape index (κ2) is 8.29.